The van der Waals surface area contributed by atoms with Gasteiger partial charge < -0.3 is 0 Å². The summed E-state index contributed by atoms with van der Waals surface area (Å²) >= 11 is 0. The van der Waals surface area contributed by atoms with Gasteiger partial charge in [0.1, 0.15) is 0 Å². The predicted molar refractivity (Wildman–Crippen MR) is 53.2 cm³/mol. The van der Waals surface area contributed by atoms with Crippen LogP contribution in [0.1, 0.15) is 39.2 Å². The Bertz CT molecular complexity index is 191. The third-order valence-electron chi connectivity index (χ3n) is 1.50. The van der Waals surface area contributed by atoms with Crippen molar-refractivity contribution in [1.29, 1.82) is 0 Å². The molecule has 12 heavy (non-hydrogen) atoms. The maximum Gasteiger partial charge on any atom is 0.0518 e. The smallest absolute Gasteiger partial charge is 0.0518 e. The first kappa shape index (κ1) is 11.2. The van der Waals surface area contributed by atoms with Crippen LogP contribution < -0.4 is 0 Å². The van der Waals surface area contributed by atoms with Gasteiger partial charge in [-0.15, -0.1) is 0 Å². The topological polar surface area (TPSA) is 17.8 Å². The van der Waals surface area contributed by atoms with Crippen molar-refractivity contribution >= 4 is 0 Å². The molecule has 0 saturated carbocycles. The molecule has 0 atom stereocenters. The number of rotatable bonds is 3. The molecule has 0 fully saturated rings. The second kappa shape index (κ2) is 6.89. The van der Waals surface area contributed by atoms with E-state index in [0.29, 0.717) is 0 Å². The first-order valence-electron chi connectivity index (χ1n) is 4.82. The van der Waals surface area contributed by atoms with Crippen molar-refractivity contribution in [3.63, 3.8) is 0 Å². The molecule has 1 rings (SSSR count). The molecule has 0 N–H and O–H groups in total. The predicted octanol–water partition coefficient (Wildman–Crippen LogP) is 3.02. The lowest BCUT2D eigenvalue weighted by Gasteiger charge is -1.96. The molecule has 0 bridgehead atoms. The zero-order chi connectivity index (χ0) is 9.40. The average Bonchev–Trinajstić information content (AvgIpc) is 2.51. The second-order valence-corrected chi connectivity index (χ2v) is 2.63. The van der Waals surface area contributed by atoms with Crippen LogP contribution in [-0.4, -0.2) is 9.78 Å². The van der Waals surface area contributed by atoms with Crippen molar-refractivity contribution in [3.05, 3.63) is 18.0 Å². The summed E-state index contributed by atoms with van der Waals surface area (Å²) in [4.78, 5) is 0. The zero-order valence-electron chi connectivity index (χ0n) is 8.67. The number of hydrogen-bond acceptors (Lipinski definition) is 1. The van der Waals surface area contributed by atoms with Gasteiger partial charge in [0.25, 0.3) is 0 Å². The fourth-order valence-corrected chi connectivity index (χ4v) is 0.909. The van der Waals surface area contributed by atoms with Crippen LogP contribution in [0.15, 0.2) is 12.4 Å². The van der Waals surface area contributed by atoms with E-state index < -0.39 is 0 Å². The van der Waals surface area contributed by atoms with Crippen LogP contribution >= 0.6 is 0 Å². The molecule has 0 amide bonds. The van der Waals surface area contributed by atoms with Crippen LogP contribution in [0.25, 0.3) is 0 Å². The molecule has 0 spiro atoms. The number of aryl methyl sites for hydroxylation is 2. The van der Waals surface area contributed by atoms with Crippen LogP contribution in [0.2, 0.25) is 0 Å². The molecule has 1 heterocycles. The van der Waals surface area contributed by atoms with Crippen molar-refractivity contribution in [3.8, 4) is 0 Å². The lowest BCUT2D eigenvalue weighted by atomic mass is 10.3. The van der Waals surface area contributed by atoms with E-state index in [-0.39, 0.29) is 0 Å². The van der Waals surface area contributed by atoms with Crippen LogP contribution in [0.3, 0.4) is 0 Å². The summed E-state index contributed by atoms with van der Waals surface area (Å²) < 4.78 is 2.00. The highest BCUT2D eigenvalue weighted by Gasteiger charge is 1.90. The number of aromatic nitrogens is 2. The van der Waals surface area contributed by atoms with E-state index in [2.05, 4.69) is 25.1 Å². The number of hydrogen-bond donors (Lipinski definition) is 0. The molecule has 0 aliphatic heterocycles. The summed E-state index contributed by atoms with van der Waals surface area (Å²) in [5.74, 6) is 0. The standard InChI is InChI=1S/C8H14N2.C2H6/c1-3-4-5-10-7-8(2)6-9-10;1-2/h6-7H,3-5H2,1-2H3;1-2H3. The van der Waals surface area contributed by atoms with Gasteiger partial charge in [-0.05, 0) is 18.9 Å². The minimum Gasteiger partial charge on any atom is -0.272 e. The molecular weight excluding hydrogens is 148 g/mol. The molecule has 2 heteroatoms. The Morgan fingerprint density at radius 1 is 1.42 bits per heavy atom. The molecule has 1 aromatic rings. The summed E-state index contributed by atoms with van der Waals surface area (Å²) in [6.45, 7) is 9.32. The van der Waals surface area contributed by atoms with E-state index in [4.69, 9.17) is 0 Å². The maximum absolute atomic E-state index is 4.17. The summed E-state index contributed by atoms with van der Waals surface area (Å²) in [6.07, 6.45) is 6.44. The van der Waals surface area contributed by atoms with Gasteiger partial charge in [0.05, 0.1) is 6.20 Å². The Hall–Kier alpha value is -0.790. The Kier molecular flexibility index (Phi) is 6.44. The maximum atomic E-state index is 4.17. The Morgan fingerprint density at radius 3 is 2.50 bits per heavy atom. The number of nitrogens with zero attached hydrogens (tertiary/aromatic N) is 2. The van der Waals surface area contributed by atoms with Gasteiger partial charge in [0, 0.05) is 12.7 Å². The average molecular weight is 168 g/mol. The Balaban J connectivity index is 0.000000561. The largest absolute Gasteiger partial charge is 0.272 e. The van der Waals surface area contributed by atoms with Gasteiger partial charge in [0.15, 0.2) is 0 Å². The van der Waals surface area contributed by atoms with E-state index >= 15 is 0 Å². The quantitative estimate of drug-likeness (QED) is 0.678. The monoisotopic (exact) mass is 168 g/mol. The van der Waals surface area contributed by atoms with E-state index in [9.17, 15) is 0 Å². The van der Waals surface area contributed by atoms with Crippen LogP contribution in [0, 0.1) is 6.92 Å². The van der Waals surface area contributed by atoms with Crippen molar-refractivity contribution in [1.82, 2.24) is 9.78 Å². The zero-order valence-corrected chi connectivity index (χ0v) is 8.67. The first-order valence-corrected chi connectivity index (χ1v) is 4.82. The minimum atomic E-state index is 1.06. The van der Waals surface area contributed by atoms with Crippen molar-refractivity contribution in [2.24, 2.45) is 0 Å². The summed E-state index contributed by atoms with van der Waals surface area (Å²) in [5.41, 5.74) is 1.25. The third-order valence-corrected chi connectivity index (χ3v) is 1.50. The highest BCUT2D eigenvalue weighted by atomic mass is 15.3. The normalized spacial score (nSPS) is 9.00. The minimum absolute atomic E-state index is 1.06. The molecule has 70 valence electrons. The van der Waals surface area contributed by atoms with Crippen LogP contribution in [0.5, 0.6) is 0 Å². The van der Waals surface area contributed by atoms with E-state index in [1.165, 1.54) is 18.4 Å². The molecule has 0 saturated heterocycles. The van der Waals surface area contributed by atoms with Gasteiger partial charge in [0.2, 0.25) is 0 Å². The third kappa shape index (κ3) is 4.16. The van der Waals surface area contributed by atoms with Gasteiger partial charge in [-0.2, -0.15) is 5.10 Å². The van der Waals surface area contributed by atoms with Gasteiger partial charge in [-0.3, -0.25) is 4.68 Å². The summed E-state index contributed by atoms with van der Waals surface area (Å²) in [5, 5.41) is 4.17. The molecule has 0 aromatic carbocycles. The Labute approximate surface area is 75.6 Å². The summed E-state index contributed by atoms with van der Waals surface area (Å²) in [6, 6.07) is 0. The fraction of sp³-hybridized carbons (Fsp3) is 0.700. The Morgan fingerprint density at radius 2 is 2.08 bits per heavy atom. The lowest BCUT2D eigenvalue weighted by molar-refractivity contribution is 0.571. The van der Waals surface area contributed by atoms with Crippen molar-refractivity contribution in [2.45, 2.75) is 47.1 Å². The molecule has 0 aliphatic rings. The van der Waals surface area contributed by atoms with Crippen LogP contribution in [0.4, 0.5) is 0 Å². The van der Waals surface area contributed by atoms with E-state index in [0.717, 1.165) is 6.54 Å². The molecule has 1 aromatic heterocycles. The molecule has 0 aliphatic carbocycles. The second-order valence-electron chi connectivity index (χ2n) is 2.63. The van der Waals surface area contributed by atoms with Gasteiger partial charge >= 0.3 is 0 Å². The highest BCUT2D eigenvalue weighted by molar-refractivity contribution is 4.99. The lowest BCUT2D eigenvalue weighted by Crippen LogP contribution is -1.96. The van der Waals surface area contributed by atoms with E-state index in [1.54, 1.807) is 0 Å². The SMILES string of the molecule is CC.CCCCn1cc(C)cn1. The molecule has 2 nitrogen and oxygen atoms in total. The molecule has 0 radical (unpaired) electrons. The number of unbranched alkanes of at least 4 members (excludes halogenated alkanes) is 1. The summed E-state index contributed by atoms with van der Waals surface area (Å²) in [7, 11) is 0. The first-order chi connectivity index (χ1) is 5.83. The van der Waals surface area contributed by atoms with Crippen molar-refractivity contribution < 1.29 is 0 Å². The van der Waals surface area contributed by atoms with Gasteiger partial charge in [-0.1, -0.05) is 27.2 Å². The molecule has 0 unspecified atom stereocenters. The van der Waals surface area contributed by atoms with Gasteiger partial charge in [-0.25, -0.2) is 0 Å². The van der Waals surface area contributed by atoms with E-state index in [1.807, 2.05) is 24.7 Å². The fourth-order valence-electron chi connectivity index (χ4n) is 0.909. The van der Waals surface area contributed by atoms with Crippen LogP contribution in [-0.2, 0) is 6.54 Å². The van der Waals surface area contributed by atoms with Crippen molar-refractivity contribution in [2.75, 3.05) is 0 Å². The highest BCUT2D eigenvalue weighted by Crippen LogP contribution is 1.96. The molecular formula is C10H20N2.